The number of hydrogen-bond donors (Lipinski definition) is 1. The van der Waals surface area contributed by atoms with Crippen LogP contribution in [0.25, 0.3) is 0 Å². The third-order valence-corrected chi connectivity index (χ3v) is 4.51. The Hall–Kier alpha value is -0.0600. The third kappa shape index (κ3) is 2.44. The summed E-state index contributed by atoms with van der Waals surface area (Å²) in [7, 11) is 0. The topological polar surface area (TPSA) is 20.2 Å². The summed E-state index contributed by atoms with van der Waals surface area (Å²) in [6, 6.07) is 7.07. The quantitative estimate of drug-likeness (QED) is 0.826. The molecule has 1 atom stereocenters. The van der Waals surface area contributed by atoms with E-state index in [9.17, 15) is 5.11 Å². The largest absolute Gasteiger partial charge is 0.383 e. The van der Waals surface area contributed by atoms with Crippen LogP contribution in [0.2, 0.25) is 10.0 Å². The molecule has 0 radical (unpaired) electrons. The van der Waals surface area contributed by atoms with Crippen LogP contribution in [0.4, 0.5) is 0 Å². The molecule has 2 aromatic rings. The molecule has 0 amide bonds. The van der Waals surface area contributed by atoms with Crippen molar-refractivity contribution in [2.75, 3.05) is 0 Å². The number of benzene rings is 1. The van der Waals surface area contributed by atoms with E-state index in [1.54, 1.807) is 18.2 Å². The van der Waals surface area contributed by atoms with Crippen molar-refractivity contribution in [3.8, 4) is 0 Å². The smallest absolute Gasteiger partial charge is 0.116 e. The maximum Gasteiger partial charge on any atom is 0.116 e. The fraction of sp³-hybridized carbons (Fsp3) is 0.0909. The average Bonchev–Trinajstić information content (AvgIpc) is 2.67. The van der Waals surface area contributed by atoms with E-state index < -0.39 is 6.10 Å². The zero-order valence-corrected chi connectivity index (χ0v) is 11.9. The van der Waals surface area contributed by atoms with E-state index >= 15 is 0 Å². The minimum absolute atomic E-state index is 0.573. The van der Waals surface area contributed by atoms with E-state index in [1.807, 2.05) is 11.4 Å². The minimum atomic E-state index is -0.749. The molecule has 1 aromatic heterocycles. The first kappa shape index (κ1) is 12.4. The van der Waals surface area contributed by atoms with Gasteiger partial charge in [0.2, 0.25) is 0 Å². The normalized spacial score (nSPS) is 12.8. The molecule has 0 aliphatic carbocycles. The first-order chi connectivity index (χ1) is 7.59. The van der Waals surface area contributed by atoms with Crippen molar-refractivity contribution in [2.45, 2.75) is 6.10 Å². The van der Waals surface area contributed by atoms with Crippen LogP contribution in [-0.4, -0.2) is 5.11 Å². The Kier molecular flexibility index (Phi) is 3.93. The van der Waals surface area contributed by atoms with Gasteiger partial charge in [0.05, 0.1) is 9.90 Å². The van der Waals surface area contributed by atoms with Gasteiger partial charge in [0.1, 0.15) is 6.10 Å². The molecule has 1 nitrogen and oxygen atoms in total. The summed E-state index contributed by atoms with van der Waals surface area (Å²) in [4.78, 5) is 0.727. The zero-order chi connectivity index (χ0) is 11.7. The minimum Gasteiger partial charge on any atom is -0.383 e. The van der Waals surface area contributed by atoms with Crippen molar-refractivity contribution in [3.05, 3.63) is 54.6 Å². The molecule has 0 saturated carbocycles. The molecule has 1 aromatic carbocycles. The Morgan fingerprint density at radius 2 is 2.00 bits per heavy atom. The van der Waals surface area contributed by atoms with Crippen LogP contribution in [0.1, 0.15) is 16.5 Å². The molecule has 0 aliphatic heterocycles. The van der Waals surface area contributed by atoms with Gasteiger partial charge in [-0.25, -0.2) is 0 Å². The van der Waals surface area contributed by atoms with Gasteiger partial charge >= 0.3 is 0 Å². The van der Waals surface area contributed by atoms with Crippen LogP contribution in [-0.2, 0) is 0 Å². The molecule has 1 N–H and O–H groups in total. The fourth-order valence-corrected chi connectivity index (χ4v) is 3.17. The highest BCUT2D eigenvalue weighted by atomic mass is 79.9. The van der Waals surface area contributed by atoms with Gasteiger partial charge in [-0.1, -0.05) is 39.1 Å². The molecule has 5 heteroatoms. The maximum atomic E-state index is 10.2. The monoisotopic (exact) mass is 336 g/mol. The summed E-state index contributed by atoms with van der Waals surface area (Å²) >= 11 is 16.7. The van der Waals surface area contributed by atoms with Gasteiger partial charge in [0.15, 0.2) is 0 Å². The summed E-state index contributed by atoms with van der Waals surface area (Å²) in [6.45, 7) is 0. The highest BCUT2D eigenvalue weighted by molar-refractivity contribution is 9.10. The summed E-state index contributed by atoms with van der Waals surface area (Å²) in [5, 5.41) is 13.2. The van der Waals surface area contributed by atoms with Gasteiger partial charge < -0.3 is 5.11 Å². The summed E-state index contributed by atoms with van der Waals surface area (Å²) < 4.78 is 0.814. The average molecular weight is 338 g/mol. The van der Waals surface area contributed by atoms with Gasteiger partial charge in [-0.05, 0) is 29.6 Å². The standard InChI is InChI=1S/C11H7BrCl2OS/c12-8-2-1-6(13)5-7(8)10(15)11-9(14)3-4-16-11/h1-5,10,15H. The van der Waals surface area contributed by atoms with Crippen molar-refractivity contribution >= 4 is 50.5 Å². The van der Waals surface area contributed by atoms with E-state index in [4.69, 9.17) is 23.2 Å². The zero-order valence-electron chi connectivity index (χ0n) is 7.95. The number of halogens is 3. The van der Waals surface area contributed by atoms with Gasteiger partial charge in [0, 0.05) is 15.1 Å². The van der Waals surface area contributed by atoms with Crippen molar-refractivity contribution in [1.29, 1.82) is 0 Å². The maximum absolute atomic E-state index is 10.2. The predicted octanol–water partition coefficient (Wildman–Crippen LogP) is 4.90. The number of rotatable bonds is 2. The lowest BCUT2D eigenvalue weighted by Gasteiger charge is -2.12. The highest BCUT2D eigenvalue weighted by Crippen LogP contribution is 2.36. The van der Waals surface area contributed by atoms with Crippen molar-refractivity contribution in [1.82, 2.24) is 0 Å². The third-order valence-electron chi connectivity index (χ3n) is 2.15. The van der Waals surface area contributed by atoms with E-state index in [1.165, 1.54) is 11.3 Å². The Labute approximate surface area is 116 Å². The van der Waals surface area contributed by atoms with Gasteiger partial charge in [-0.3, -0.25) is 0 Å². The molecule has 1 unspecified atom stereocenters. The van der Waals surface area contributed by atoms with Gasteiger partial charge in [0.25, 0.3) is 0 Å². The van der Waals surface area contributed by atoms with Crippen molar-refractivity contribution in [2.24, 2.45) is 0 Å². The van der Waals surface area contributed by atoms with E-state index in [2.05, 4.69) is 15.9 Å². The Bertz CT molecular complexity index is 512. The Balaban J connectivity index is 2.45. The molecule has 16 heavy (non-hydrogen) atoms. The lowest BCUT2D eigenvalue weighted by atomic mass is 10.1. The SMILES string of the molecule is OC(c1cc(Cl)ccc1Br)c1sccc1Cl. The van der Waals surface area contributed by atoms with Crippen molar-refractivity contribution < 1.29 is 5.11 Å². The van der Waals surface area contributed by atoms with Crippen molar-refractivity contribution in [3.63, 3.8) is 0 Å². The molecular formula is C11H7BrCl2OS. The Morgan fingerprint density at radius 1 is 1.25 bits per heavy atom. The predicted molar refractivity (Wildman–Crippen MR) is 72.5 cm³/mol. The van der Waals surface area contributed by atoms with Gasteiger partial charge in [-0.15, -0.1) is 11.3 Å². The van der Waals surface area contributed by atoms with Crippen LogP contribution in [0.5, 0.6) is 0 Å². The molecule has 0 fully saturated rings. The molecule has 1 heterocycles. The fourth-order valence-electron chi connectivity index (χ4n) is 1.37. The number of aliphatic hydroxyl groups is 1. The molecule has 84 valence electrons. The lowest BCUT2D eigenvalue weighted by Crippen LogP contribution is -1.98. The molecular weight excluding hydrogens is 331 g/mol. The molecule has 0 aliphatic rings. The number of hydrogen-bond acceptors (Lipinski definition) is 2. The molecule has 2 rings (SSSR count). The first-order valence-corrected chi connectivity index (χ1v) is 6.88. The van der Waals surface area contributed by atoms with Crippen LogP contribution in [0.15, 0.2) is 34.1 Å². The lowest BCUT2D eigenvalue weighted by molar-refractivity contribution is 0.223. The first-order valence-electron chi connectivity index (χ1n) is 4.45. The van der Waals surface area contributed by atoms with Crippen LogP contribution in [0, 0.1) is 0 Å². The molecule has 0 spiro atoms. The van der Waals surface area contributed by atoms with Gasteiger partial charge in [-0.2, -0.15) is 0 Å². The van der Waals surface area contributed by atoms with Crippen LogP contribution in [0.3, 0.4) is 0 Å². The molecule has 0 bridgehead atoms. The number of aliphatic hydroxyl groups excluding tert-OH is 1. The van der Waals surface area contributed by atoms with E-state index in [0.29, 0.717) is 10.0 Å². The summed E-state index contributed by atoms with van der Waals surface area (Å²) in [5.74, 6) is 0. The Morgan fingerprint density at radius 3 is 2.62 bits per heavy atom. The second kappa shape index (κ2) is 5.07. The molecule has 0 saturated heterocycles. The van der Waals surface area contributed by atoms with Crippen LogP contribution < -0.4 is 0 Å². The van der Waals surface area contributed by atoms with Crippen LogP contribution >= 0.6 is 50.5 Å². The summed E-state index contributed by atoms with van der Waals surface area (Å²) in [6.07, 6.45) is -0.749. The second-order valence-corrected chi connectivity index (χ2v) is 5.85. The van der Waals surface area contributed by atoms with E-state index in [0.717, 1.165) is 14.9 Å². The summed E-state index contributed by atoms with van der Waals surface area (Å²) in [5.41, 5.74) is 0.719. The van der Waals surface area contributed by atoms with E-state index in [-0.39, 0.29) is 0 Å². The second-order valence-electron chi connectivity index (χ2n) is 3.20. The highest BCUT2D eigenvalue weighted by Gasteiger charge is 2.18. The number of thiophene rings is 1.